The van der Waals surface area contributed by atoms with Crippen molar-refractivity contribution in [2.75, 3.05) is 27.7 Å². The Morgan fingerprint density at radius 3 is 2.86 bits per heavy atom. The first-order chi connectivity index (χ1) is 6.63. The minimum absolute atomic E-state index is 0.256. The van der Waals surface area contributed by atoms with Crippen LogP contribution in [-0.4, -0.2) is 37.6 Å². The number of oxazole rings is 1. The summed E-state index contributed by atoms with van der Waals surface area (Å²) < 4.78 is 5.36. The molecule has 0 saturated carbocycles. The zero-order chi connectivity index (χ0) is 10.6. The Kier molecular flexibility index (Phi) is 4.10. The number of nitrogens with one attached hydrogen (secondary N) is 1. The van der Waals surface area contributed by atoms with Gasteiger partial charge in [0.15, 0.2) is 5.89 Å². The molecule has 80 valence electrons. The van der Waals surface area contributed by atoms with Gasteiger partial charge in [-0.2, -0.15) is 0 Å². The second-order valence-electron chi connectivity index (χ2n) is 3.73. The van der Waals surface area contributed by atoms with Gasteiger partial charge in [0, 0.05) is 19.0 Å². The Morgan fingerprint density at radius 1 is 1.57 bits per heavy atom. The normalized spacial score (nSPS) is 13.5. The number of hydrogen-bond donors (Lipinski definition) is 1. The van der Waals surface area contributed by atoms with Crippen LogP contribution in [-0.2, 0) is 6.42 Å². The maximum Gasteiger partial charge on any atom is 0.195 e. The molecule has 0 saturated heterocycles. The molecule has 1 N–H and O–H groups in total. The molecule has 0 aliphatic heterocycles. The van der Waals surface area contributed by atoms with E-state index < -0.39 is 0 Å². The third-order valence-electron chi connectivity index (χ3n) is 2.22. The average Bonchev–Trinajstić information content (AvgIpc) is 2.62. The van der Waals surface area contributed by atoms with Gasteiger partial charge in [0.2, 0.25) is 0 Å². The number of likely N-dealkylation sites (N-methyl/N-ethyl adjacent to an activating group) is 1. The third-order valence-corrected chi connectivity index (χ3v) is 2.22. The highest BCUT2D eigenvalue weighted by Gasteiger charge is 2.09. The lowest BCUT2D eigenvalue weighted by atomic mass is 10.3. The lowest BCUT2D eigenvalue weighted by Crippen LogP contribution is -2.15. The molecule has 0 aliphatic rings. The Bertz CT molecular complexity index is 270. The second-order valence-corrected chi connectivity index (χ2v) is 3.73. The van der Waals surface area contributed by atoms with Crippen LogP contribution in [0.4, 0.5) is 0 Å². The lowest BCUT2D eigenvalue weighted by molar-refractivity contribution is 0.384. The van der Waals surface area contributed by atoms with Crippen LogP contribution in [0.15, 0.2) is 10.7 Å². The Morgan fingerprint density at radius 2 is 2.29 bits per heavy atom. The summed E-state index contributed by atoms with van der Waals surface area (Å²) in [6, 6.07) is 0.256. The summed E-state index contributed by atoms with van der Waals surface area (Å²) in [6.45, 7) is 3.03. The zero-order valence-electron chi connectivity index (χ0n) is 9.37. The van der Waals surface area contributed by atoms with E-state index in [0.717, 1.165) is 24.6 Å². The Labute approximate surface area is 85.3 Å². The first-order valence-corrected chi connectivity index (χ1v) is 4.89. The van der Waals surface area contributed by atoms with Gasteiger partial charge >= 0.3 is 0 Å². The quantitative estimate of drug-likeness (QED) is 0.766. The minimum atomic E-state index is 0.256. The van der Waals surface area contributed by atoms with Crippen molar-refractivity contribution in [1.82, 2.24) is 15.2 Å². The smallest absolute Gasteiger partial charge is 0.195 e. The van der Waals surface area contributed by atoms with Crippen LogP contribution in [0.2, 0.25) is 0 Å². The van der Waals surface area contributed by atoms with Gasteiger partial charge < -0.3 is 14.6 Å². The molecule has 0 aromatic carbocycles. The van der Waals surface area contributed by atoms with Crippen molar-refractivity contribution in [2.24, 2.45) is 0 Å². The van der Waals surface area contributed by atoms with Crippen molar-refractivity contribution in [3.8, 4) is 0 Å². The first-order valence-electron chi connectivity index (χ1n) is 4.89. The molecule has 0 spiro atoms. The molecule has 0 radical (unpaired) electrons. The zero-order valence-corrected chi connectivity index (χ0v) is 9.37. The largest absolute Gasteiger partial charge is 0.449 e. The summed E-state index contributed by atoms with van der Waals surface area (Å²) in [5, 5.41) is 3.13. The monoisotopic (exact) mass is 197 g/mol. The molecule has 4 nitrogen and oxygen atoms in total. The van der Waals surface area contributed by atoms with E-state index in [2.05, 4.69) is 22.1 Å². The van der Waals surface area contributed by atoms with Crippen molar-refractivity contribution in [3.05, 3.63) is 17.8 Å². The highest BCUT2D eigenvalue weighted by Crippen LogP contribution is 2.11. The fraction of sp³-hybridized carbons (Fsp3) is 0.700. The van der Waals surface area contributed by atoms with Gasteiger partial charge in [-0.05, 0) is 28.1 Å². The predicted octanol–water partition coefficient (Wildman–Crippen LogP) is 1.06. The highest BCUT2D eigenvalue weighted by atomic mass is 16.3. The molecule has 1 rings (SSSR count). The van der Waals surface area contributed by atoms with Gasteiger partial charge in [-0.1, -0.05) is 0 Å². The van der Waals surface area contributed by atoms with Gasteiger partial charge in [-0.25, -0.2) is 4.98 Å². The van der Waals surface area contributed by atoms with E-state index in [0.29, 0.717) is 0 Å². The molecule has 0 amide bonds. The summed E-state index contributed by atoms with van der Waals surface area (Å²) in [5.74, 6) is 0.816. The van der Waals surface area contributed by atoms with Crippen molar-refractivity contribution in [2.45, 2.75) is 19.4 Å². The van der Waals surface area contributed by atoms with Gasteiger partial charge in [-0.15, -0.1) is 0 Å². The molecular formula is C10H19N3O. The molecule has 0 bridgehead atoms. The van der Waals surface area contributed by atoms with Gasteiger partial charge in [0.05, 0.1) is 5.69 Å². The Balaban J connectivity index is 2.50. The second kappa shape index (κ2) is 5.12. The van der Waals surface area contributed by atoms with E-state index in [9.17, 15) is 0 Å². The molecule has 1 atom stereocenters. The fourth-order valence-electron chi connectivity index (χ4n) is 1.11. The van der Waals surface area contributed by atoms with Crippen molar-refractivity contribution < 1.29 is 4.42 Å². The van der Waals surface area contributed by atoms with E-state index >= 15 is 0 Å². The van der Waals surface area contributed by atoms with E-state index in [4.69, 9.17) is 4.42 Å². The molecule has 0 aliphatic carbocycles. The van der Waals surface area contributed by atoms with Crippen molar-refractivity contribution in [3.63, 3.8) is 0 Å². The lowest BCUT2D eigenvalue weighted by Gasteiger charge is -2.06. The van der Waals surface area contributed by atoms with Crippen molar-refractivity contribution >= 4 is 0 Å². The van der Waals surface area contributed by atoms with E-state index in [-0.39, 0.29) is 6.04 Å². The van der Waals surface area contributed by atoms with Crippen LogP contribution >= 0.6 is 0 Å². The number of rotatable bonds is 5. The van der Waals surface area contributed by atoms with Crippen LogP contribution in [0.25, 0.3) is 0 Å². The molecule has 1 aromatic rings. The molecule has 1 unspecified atom stereocenters. The summed E-state index contributed by atoms with van der Waals surface area (Å²) >= 11 is 0. The van der Waals surface area contributed by atoms with Crippen LogP contribution in [0, 0.1) is 0 Å². The van der Waals surface area contributed by atoms with Gasteiger partial charge in [0.25, 0.3) is 0 Å². The van der Waals surface area contributed by atoms with Crippen molar-refractivity contribution in [1.29, 1.82) is 0 Å². The first kappa shape index (κ1) is 11.2. The maximum absolute atomic E-state index is 5.36. The van der Waals surface area contributed by atoms with Crippen LogP contribution < -0.4 is 5.32 Å². The SMILES string of the molecule is CNC(C)c1coc(CCN(C)C)n1. The van der Waals surface area contributed by atoms with E-state index in [1.807, 2.05) is 21.1 Å². The van der Waals surface area contributed by atoms with Crippen LogP contribution in [0.5, 0.6) is 0 Å². The summed E-state index contributed by atoms with van der Waals surface area (Å²) in [5.41, 5.74) is 0.973. The fourth-order valence-corrected chi connectivity index (χ4v) is 1.11. The van der Waals surface area contributed by atoms with E-state index in [1.54, 1.807) is 6.26 Å². The van der Waals surface area contributed by atoms with Crippen LogP contribution in [0.1, 0.15) is 24.6 Å². The van der Waals surface area contributed by atoms with Crippen LogP contribution in [0.3, 0.4) is 0 Å². The summed E-state index contributed by atoms with van der Waals surface area (Å²) in [6.07, 6.45) is 2.59. The van der Waals surface area contributed by atoms with E-state index in [1.165, 1.54) is 0 Å². The maximum atomic E-state index is 5.36. The number of hydrogen-bond acceptors (Lipinski definition) is 4. The molecular weight excluding hydrogens is 178 g/mol. The molecule has 4 heteroatoms. The number of aromatic nitrogens is 1. The molecule has 0 fully saturated rings. The average molecular weight is 197 g/mol. The summed E-state index contributed by atoms with van der Waals surface area (Å²) in [7, 11) is 6.00. The Hall–Kier alpha value is -0.870. The third kappa shape index (κ3) is 3.12. The standard InChI is InChI=1S/C10H19N3O/c1-8(11-2)9-7-14-10(12-9)5-6-13(3)4/h7-8,11H,5-6H2,1-4H3. The van der Waals surface area contributed by atoms with Gasteiger partial charge in [0.1, 0.15) is 6.26 Å². The molecule has 1 aromatic heterocycles. The topological polar surface area (TPSA) is 41.3 Å². The highest BCUT2D eigenvalue weighted by molar-refractivity contribution is 5.01. The molecule has 1 heterocycles. The predicted molar refractivity (Wildman–Crippen MR) is 56.2 cm³/mol. The summed E-state index contributed by atoms with van der Waals surface area (Å²) in [4.78, 5) is 6.51. The molecule has 14 heavy (non-hydrogen) atoms. The van der Waals surface area contributed by atoms with Gasteiger partial charge in [-0.3, -0.25) is 0 Å². The minimum Gasteiger partial charge on any atom is -0.449 e. The number of nitrogens with zero attached hydrogens (tertiary/aromatic N) is 2.